The van der Waals surface area contributed by atoms with Crippen LogP contribution in [0.25, 0.3) is 0 Å². The summed E-state index contributed by atoms with van der Waals surface area (Å²) in [5, 5.41) is 14.9. The van der Waals surface area contributed by atoms with Crippen molar-refractivity contribution >= 4 is 39.9 Å². The number of aryl methyl sites for hydroxylation is 3. The molecule has 10 heteroatoms. The lowest BCUT2D eigenvalue weighted by Gasteiger charge is -2.13. The van der Waals surface area contributed by atoms with E-state index < -0.39 is 0 Å². The van der Waals surface area contributed by atoms with Gasteiger partial charge >= 0.3 is 0 Å². The quantitative estimate of drug-likeness (QED) is 0.233. The van der Waals surface area contributed by atoms with Crippen molar-refractivity contribution in [3.63, 3.8) is 0 Å². The minimum absolute atomic E-state index is 0.0764. The van der Waals surface area contributed by atoms with Gasteiger partial charge in [-0.2, -0.15) is 0 Å². The van der Waals surface area contributed by atoms with Crippen LogP contribution >= 0.6 is 23.1 Å². The van der Waals surface area contributed by atoms with Crippen LogP contribution in [0.15, 0.2) is 58.2 Å². The van der Waals surface area contributed by atoms with E-state index in [0.717, 1.165) is 65.4 Å². The van der Waals surface area contributed by atoms with E-state index in [1.165, 1.54) is 16.2 Å². The Hall–Kier alpha value is -3.63. The Morgan fingerprint density at radius 2 is 1.79 bits per heavy atom. The van der Waals surface area contributed by atoms with Gasteiger partial charge in [-0.1, -0.05) is 60.3 Å². The summed E-state index contributed by atoms with van der Waals surface area (Å²) in [7, 11) is 0. The van der Waals surface area contributed by atoms with Crippen LogP contribution < -0.4 is 15.4 Å². The van der Waals surface area contributed by atoms with E-state index in [1.54, 1.807) is 0 Å². The summed E-state index contributed by atoms with van der Waals surface area (Å²) < 4.78 is 11.5. The standard InChI is InChI=1S/C29H30N4O4S2/c1-18-9-8-10-19(2)26(18)36-16-24-32-33-29(37-24)38-17-23(34)31-28-25(21-13-6-7-14-22(21)39-28)27(35)30-15-20-11-4-3-5-12-20/h3-5,8-12H,6-7,13-17H2,1-2H3,(H,30,35)(H,31,34). The lowest BCUT2D eigenvalue weighted by Crippen LogP contribution is -2.25. The first kappa shape index (κ1) is 27.0. The van der Waals surface area contributed by atoms with Crippen molar-refractivity contribution in [2.75, 3.05) is 11.1 Å². The molecule has 1 aliphatic rings. The lowest BCUT2D eigenvalue weighted by molar-refractivity contribution is -0.113. The molecular weight excluding hydrogens is 532 g/mol. The molecule has 0 fully saturated rings. The summed E-state index contributed by atoms with van der Waals surface area (Å²) in [5.41, 5.74) is 4.74. The number of carbonyl (C=O) groups is 2. The molecule has 2 amide bonds. The maximum atomic E-state index is 13.2. The minimum atomic E-state index is -0.234. The average Bonchev–Trinajstić information content (AvgIpc) is 3.55. The van der Waals surface area contributed by atoms with Crippen LogP contribution in [0, 0.1) is 13.8 Å². The number of anilines is 1. The molecule has 0 atom stereocenters. The minimum Gasteiger partial charge on any atom is -0.483 e. The molecule has 4 aromatic rings. The third-order valence-corrected chi connectivity index (χ3v) is 8.50. The van der Waals surface area contributed by atoms with Crippen LogP contribution in [0.5, 0.6) is 5.75 Å². The highest BCUT2D eigenvalue weighted by Crippen LogP contribution is 2.38. The molecule has 0 radical (unpaired) electrons. The molecule has 2 heterocycles. The Balaban J connectivity index is 1.19. The number of para-hydroxylation sites is 1. The fourth-order valence-corrected chi connectivity index (χ4v) is 6.45. The molecule has 5 rings (SSSR count). The molecule has 8 nitrogen and oxygen atoms in total. The van der Waals surface area contributed by atoms with Gasteiger partial charge in [0.1, 0.15) is 10.8 Å². The Bertz CT molecular complexity index is 1450. The van der Waals surface area contributed by atoms with Crippen molar-refractivity contribution in [2.45, 2.75) is 57.9 Å². The number of hydrogen-bond donors (Lipinski definition) is 2. The zero-order chi connectivity index (χ0) is 27.2. The zero-order valence-corrected chi connectivity index (χ0v) is 23.5. The number of thiophene rings is 1. The molecule has 0 unspecified atom stereocenters. The second-order valence-electron chi connectivity index (χ2n) is 9.39. The van der Waals surface area contributed by atoms with Gasteiger partial charge in [0, 0.05) is 11.4 Å². The Morgan fingerprint density at radius 1 is 1.03 bits per heavy atom. The average molecular weight is 563 g/mol. The molecule has 202 valence electrons. The highest BCUT2D eigenvalue weighted by Gasteiger charge is 2.26. The summed E-state index contributed by atoms with van der Waals surface area (Å²) in [6.07, 6.45) is 3.91. The molecule has 2 aromatic heterocycles. The first-order valence-electron chi connectivity index (χ1n) is 12.9. The molecule has 0 saturated heterocycles. The lowest BCUT2D eigenvalue weighted by atomic mass is 9.95. The molecule has 0 saturated carbocycles. The van der Waals surface area contributed by atoms with Crippen molar-refractivity contribution in [2.24, 2.45) is 0 Å². The second kappa shape index (κ2) is 12.5. The molecular formula is C29H30N4O4S2. The first-order valence-corrected chi connectivity index (χ1v) is 14.7. The van der Waals surface area contributed by atoms with Gasteiger partial charge in [0.15, 0.2) is 6.61 Å². The summed E-state index contributed by atoms with van der Waals surface area (Å²) in [6.45, 7) is 4.55. The zero-order valence-electron chi connectivity index (χ0n) is 21.9. The number of thioether (sulfide) groups is 1. The number of carbonyl (C=O) groups excluding carboxylic acids is 2. The monoisotopic (exact) mass is 562 g/mol. The Labute approximate surface area is 235 Å². The molecule has 0 spiro atoms. The number of nitrogens with zero attached hydrogens (tertiary/aromatic N) is 2. The molecule has 0 bridgehead atoms. The van der Waals surface area contributed by atoms with E-state index in [4.69, 9.17) is 9.15 Å². The number of hydrogen-bond acceptors (Lipinski definition) is 8. The van der Waals surface area contributed by atoms with Crippen molar-refractivity contribution in [1.29, 1.82) is 0 Å². The second-order valence-corrected chi connectivity index (χ2v) is 11.4. The van der Waals surface area contributed by atoms with Gasteiger partial charge in [-0.25, -0.2) is 0 Å². The molecule has 1 aliphatic carbocycles. The van der Waals surface area contributed by atoms with E-state index in [1.807, 2.05) is 62.4 Å². The Morgan fingerprint density at radius 3 is 2.59 bits per heavy atom. The smallest absolute Gasteiger partial charge is 0.277 e. The van der Waals surface area contributed by atoms with Crippen LogP contribution in [0.2, 0.25) is 0 Å². The Kier molecular flexibility index (Phi) is 8.63. The maximum absolute atomic E-state index is 13.2. The number of fused-ring (bicyclic) bond motifs is 1. The van der Waals surface area contributed by atoms with Crippen molar-refractivity contribution < 1.29 is 18.7 Å². The number of ether oxygens (including phenoxy) is 1. The van der Waals surface area contributed by atoms with Gasteiger partial charge < -0.3 is 19.8 Å². The van der Waals surface area contributed by atoms with Gasteiger partial charge in [0.2, 0.25) is 5.91 Å². The van der Waals surface area contributed by atoms with Crippen LogP contribution in [0.3, 0.4) is 0 Å². The van der Waals surface area contributed by atoms with Gasteiger partial charge in [-0.3, -0.25) is 9.59 Å². The summed E-state index contributed by atoms with van der Waals surface area (Å²) >= 11 is 2.65. The fraction of sp³-hybridized carbons (Fsp3) is 0.310. The maximum Gasteiger partial charge on any atom is 0.277 e. The van der Waals surface area contributed by atoms with Gasteiger partial charge in [-0.05, 0) is 61.8 Å². The van der Waals surface area contributed by atoms with Crippen LogP contribution in [0.1, 0.15) is 56.2 Å². The first-order chi connectivity index (χ1) is 19.0. The van der Waals surface area contributed by atoms with Crippen LogP contribution in [0.4, 0.5) is 5.00 Å². The van der Waals surface area contributed by atoms with Crippen LogP contribution in [-0.2, 0) is 30.8 Å². The predicted molar refractivity (Wildman–Crippen MR) is 152 cm³/mol. The van der Waals surface area contributed by atoms with Crippen molar-refractivity contribution in [3.05, 3.63) is 87.1 Å². The molecule has 39 heavy (non-hydrogen) atoms. The number of rotatable bonds is 10. The van der Waals surface area contributed by atoms with E-state index in [0.29, 0.717) is 23.0 Å². The molecule has 2 aromatic carbocycles. The predicted octanol–water partition coefficient (Wildman–Crippen LogP) is 5.87. The van der Waals surface area contributed by atoms with Crippen LogP contribution in [-0.4, -0.2) is 27.8 Å². The number of nitrogens with one attached hydrogen (secondary N) is 2. The van der Waals surface area contributed by atoms with E-state index in [9.17, 15) is 9.59 Å². The number of benzene rings is 2. The van der Waals surface area contributed by atoms with Gasteiger partial charge in [-0.15, -0.1) is 21.5 Å². The van der Waals surface area contributed by atoms with Gasteiger partial charge in [0.25, 0.3) is 17.0 Å². The highest BCUT2D eigenvalue weighted by molar-refractivity contribution is 7.99. The normalized spacial score (nSPS) is 12.6. The third-order valence-electron chi connectivity index (χ3n) is 6.47. The van der Waals surface area contributed by atoms with Gasteiger partial charge in [0.05, 0.1) is 11.3 Å². The summed E-state index contributed by atoms with van der Waals surface area (Å²) in [6, 6.07) is 15.7. The third kappa shape index (κ3) is 6.69. The highest BCUT2D eigenvalue weighted by atomic mass is 32.2. The largest absolute Gasteiger partial charge is 0.483 e. The molecule has 2 N–H and O–H groups in total. The van der Waals surface area contributed by atoms with Crippen molar-refractivity contribution in [3.8, 4) is 5.75 Å². The summed E-state index contributed by atoms with van der Waals surface area (Å²) in [4.78, 5) is 27.3. The summed E-state index contributed by atoms with van der Waals surface area (Å²) in [5.74, 6) is 0.816. The fourth-order valence-electron chi connectivity index (χ4n) is 4.57. The van der Waals surface area contributed by atoms with E-state index in [2.05, 4.69) is 20.8 Å². The topological polar surface area (TPSA) is 106 Å². The number of amides is 2. The van der Waals surface area contributed by atoms with E-state index >= 15 is 0 Å². The molecule has 0 aliphatic heterocycles. The van der Waals surface area contributed by atoms with E-state index in [-0.39, 0.29) is 29.4 Å². The SMILES string of the molecule is Cc1cccc(C)c1OCc1nnc(SCC(=O)Nc2sc3c(c2C(=O)NCc2ccccc2)CCCC3)o1. The van der Waals surface area contributed by atoms with Crippen molar-refractivity contribution in [1.82, 2.24) is 15.5 Å². The number of aromatic nitrogens is 2.